The Bertz CT molecular complexity index is 944. The van der Waals surface area contributed by atoms with E-state index >= 15 is 0 Å². The molecule has 0 atom stereocenters. The van der Waals surface area contributed by atoms with Crippen LogP contribution in [0.2, 0.25) is 0 Å². The van der Waals surface area contributed by atoms with Gasteiger partial charge in [0.2, 0.25) is 5.91 Å². The van der Waals surface area contributed by atoms with Gasteiger partial charge in [-0.15, -0.1) is 0 Å². The molecular weight excluding hydrogens is 382 g/mol. The van der Waals surface area contributed by atoms with Crippen LogP contribution in [0.3, 0.4) is 0 Å². The fraction of sp³-hybridized carbons (Fsp3) is 0.263. The molecule has 3 aromatic rings. The Morgan fingerprint density at radius 1 is 1.22 bits per heavy atom. The minimum Gasteiger partial charge on any atom is -0.492 e. The first kappa shape index (κ1) is 19.3. The molecule has 2 aromatic heterocycles. The number of amides is 1. The largest absolute Gasteiger partial charge is 0.492 e. The summed E-state index contributed by atoms with van der Waals surface area (Å²) in [7, 11) is 0. The van der Waals surface area contributed by atoms with E-state index in [0.29, 0.717) is 24.0 Å². The number of para-hydroxylation sites is 1. The van der Waals surface area contributed by atoms with E-state index in [1.807, 2.05) is 43.3 Å². The predicted molar refractivity (Wildman–Crippen MR) is 109 cm³/mol. The first-order valence-electron chi connectivity index (χ1n) is 8.44. The maximum absolute atomic E-state index is 12.8. The van der Waals surface area contributed by atoms with Crippen molar-refractivity contribution < 1.29 is 14.3 Å². The van der Waals surface area contributed by atoms with Crippen molar-refractivity contribution in [2.45, 2.75) is 20.4 Å². The predicted octanol–water partition coefficient (Wildman–Crippen LogP) is 3.90. The third kappa shape index (κ3) is 4.84. The lowest BCUT2D eigenvalue weighted by atomic mass is 10.3. The minimum absolute atomic E-state index is 0.0659. The Morgan fingerprint density at radius 3 is 2.78 bits per heavy atom. The summed E-state index contributed by atoms with van der Waals surface area (Å²) in [5, 5.41) is 0.473. The van der Waals surface area contributed by atoms with Gasteiger partial charge < -0.3 is 4.74 Å². The summed E-state index contributed by atoms with van der Waals surface area (Å²) in [4.78, 5) is 34.6. The number of ether oxygens (including phenoxy) is 1. The van der Waals surface area contributed by atoms with Crippen molar-refractivity contribution in [1.29, 1.82) is 0 Å². The normalized spacial score (nSPS) is 10.7. The van der Waals surface area contributed by atoms with Crippen molar-refractivity contribution in [3.05, 3.63) is 48.3 Å². The first-order valence-corrected chi connectivity index (χ1v) is 10.2. The van der Waals surface area contributed by atoms with E-state index in [4.69, 9.17) is 4.74 Å². The van der Waals surface area contributed by atoms with Gasteiger partial charge in [-0.1, -0.05) is 35.2 Å². The highest BCUT2D eigenvalue weighted by Gasteiger charge is 2.22. The molecule has 0 unspecified atom stereocenters. The van der Waals surface area contributed by atoms with Gasteiger partial charge in [-0.25, -0.2) is 4.98 Å². The number of hydrogen-bond donors (Lipinski definition) is 0. The molecule has 0 N–H and O–H groups in total. The highest BCUT2D eigenvalue weighted by Crippen LogP contribution is 2.35. The molecule has 0 aliphatic rings. The third-order valence-electron chi connectivity index (χ3n) is 3.65. The number of pyridine rings is 1. The molecule has 6 nitrogen and oxygen atoms in total. The van der Waals surface area contributed by atoms with Gasteiger partial charge in [0.05, 0.1) is 29.3 Å². The molecule has 0 spiro atoms. The Kier molecular flexibility index (Phi) is 6.41. The number of fused-ring (bicyclic) bond motifs is 1. The molecule has 140 valence electrons. The molecule has 1 amide bonds. The first-order chi connectivity index (χ1) is 13.1. The number of aromatic nitrogens is 2. The summed E-state index contributed by atoms with van der Waals surface area (Å²) in [6, 6.07) is 11.3. The van der Waals surface area contributed by atoms with E-state index in [0.717, 1.165) is 27.7 Å². The molecule has 0 fully saturated rings. The summed E-state index contributed by atoms with van der Waals surface area (Å²) < 4.78 is 6.59. The van der Waals surface area contributed by atoms with Crippen molar-refractivity contribution in [2.24, 2.45) is 0 Å². The number of benzene rings is 1. The Balaban J connectivity index is 1.96. The van der Waals surface area contributed by atoms with Crippen molar-refractivity contribution in [1.82, 2.24) is 9.97 Å². The standard InChI is InChI=1S/C19H19N3O3S2/c1-3-25-15-8-6-9-16-18(15)21-19(27-16)22(17(24)12-26-13(2)23)11-14-7-4-5-10-20-14/h4-10H,3,11-12H2,1-2H3. The van der Waals surface area contributed by atoms with Crippen LogP contribution in [0, 0.1) is 0 Å². The van der Waals surface area contributed by atoms with Crippen LogP contribution in [0.15, 0.2) is 42.6 Å². The van der Waals surface area contributed by atoms with E-state index in [1.165, 1.54) is 18.3 Å². The van der Waals surface area contributed by atoms with Gasteiger partial charge in [-0.05, 0) is 31.2 Å². The molecule has 0 radical (unpaired) electrons. The quantitative estimate of drug-likeness (QED) is 0.598. The number of nitrogens with zero attached hydrogens (tertiary/aromatic N) is 3. The van der Waals surface area contributed by atoms with Crippen LogP contribution in [-0.2, 0) is 16.1 Å². The topological polar surface area (TPSA) is 72.4 Å². The third-order valence-corrected chi connectivity index (χ3v) is 5.49. The van der Waals surface area contributed by atoms with Crippen LogP contribution < -0.4 is 9.64 Å². The molecule has 27 heavy (non-hydrogen) atoms. The molecule has 0 aliphatic heterocycles. The Labute approximate surface area is 165 Å². The fourth-order valence-electron chi connectivity index (χ4n) is 2.46. The lowest BCUT2D eigenvalue weighted by molar-refractivity contribution is -0.116. The average Bonchev–Trinajstić information content (AvgIpc) is 3.10. The van der Waals surface area contributed by atoms with Crippen molar-refractivity contribution in [2.75, 3.05) is 17.3 Å². The van der Waals surface area contributed by atoms with Crippen molar-refractivity contribution >= 4 is 49.5 Å². The molecule has 8 heteroatoms. The van der Waals surface area contributed by atoms with Crippen LogP contribution in [0.1, 0.15) is 19.5 Å². The number of carbonyl (C=O) groups excluding carboxylic acids is 2. The summed E-state index contributed by atoms with van der Waals surface area (Å²) in [5.41, 5.74) is 1.49. The van der Waals surface area contributed by atoms with Gasteiger partial charge in [-0.3, -0.25) is 19.5 Å². The number of thioether (sulfide) groups is 1. The number of anilines is 1. The second-order valence-corrected chi connectivity index (χ2v) is 7.77. The van der Waals surface area contributed by atoms with Gasteiger partial charge >= 0.3 is 0 Å². The second-order valence-electron chi connectivity index (χ2n) is 5.61. The zero-order valence-corrected chi connectivity index (χ0v) is 16.7. The van der Waals surface area contributed by atoms with Gasteiger partial charge in [0.1, 0.15) is 11.3 Å². The number of rotatable bonds is 7. The van der Waals surface area contributed by atoms with Gasteiger partial charge in [0, 0.05) is 13.1 Å². The van der Waals surface area contributed by atoms with Gasteiger partial charge in [0.25, 0.3) is 0 Å². The highest BCUT2D eigenvalue weighted by molar-refractivity contribution is 8.14. The van der Waals surface area contributed by atoms with Crippen LogP contribution in [-0.4, -0.2) is 33.4 Å². The zero-order chi connectivity index (χ0) is 19.2. The minimum atomic E-state index is -0.183. The average molecular weight is 402 g/mol. The molecule has 0 saturated heterocycles. The fourth-order valence-corrected chi connectivity index (χ4v) is 3.94. The molecule has 2 heterocycles. The second kappa shape index (κ2) is 8.96. The lowest BCUT2D eigenvalue weighted by Gasteiger charge is -2.19. The number of hydrogen-bond acceptors (Lipinski definition) is 7. The van der Waals surface area contributed by atoms with Crippen molar-refractivity contribution in [3.8, 4) is 5.75 Å². The van der Waals surface area contributed by atoms with Crippen LogP contribution in [0.4, 0.5) is 5.13 Å². The summed E-state index contributed by atoms with van der Waals surface area (Å²) in [6.07, 6.45) is 1.69. The van der Waals surface area contributed by atoms with E-state index in [9.17, 15) is 9.59 Å². The Morgan fingerprint density at radius 2 is 2.07 bits per heavy atom. The maximum atomic E-state index is 12.8. The molecule has 0 bridgehead atoms. The summed E-state index contributed by atoms with van der Waals surface area (Å²) >= 11 is 2.41. The number of thiazole rings is 1. The maximum Gasteiger partial charge on any atom is 0.239 e. The van der Waals surface area contributed by atoms with Crippen LogP contribution >= 0.6 is 23.1 Å². The van der Waals surface area contributed by atoms with Gasteiger partial charge in [-0.2, -0.15) is 0 Å². The van der Waals surface area contributed by atoms with E-state index in [-0.39, 0.29) is 16.8 Å². The van der Waals surface area contributed by atoms with E-state index < -0.39 is 0 Å². The summed E-state index contributed by atoms with van der Waals surface area (Å²) in [6.45, 7) is 4.20. The molecule has 3 rings (SSSR count). The van der Waals surface area contributed by atoms with E-state index in [1.54, 1.807) is 11.1 Å². The summed E-state index contributed by atoms with van der Waals surface area (Å²) in [5.74, 6) is 0.579. The van der Waals surface area contributed by atoms with E-state index in [2.05, 4.69) is 9.97 Å². The van der Waals surface area contributed by atoms with Crippen molar-refractivity contribution in [3.63, 3.8) is 0 Å². The molecule has 0 saturated carbocycles. The number of carbonyl (C=O) groups is 2. The molecule has 1 aromatic carbocycles. The highest BCUT2D eigenvalue weighted by atomic mass is 32.2. The molecule has 0 aliphatic carbocycles. The SMILES string of the molecule is CCOc1cccc2sc(N(Cc3ccccn3)C(=O)CSC(C)=O)nc12. The van der Waals surface area contributed by atoms with Gasteiger partial charge in [0.15, 0.2) is 10.2 Å². The smallest absolute Gasteiger partial charge is 0.239 e. The lowest BCUT2D eigenvalue weighted by Crippen LogP contribution is -2.32. The molecular formula is C19H19N3O3S2. The van der Waals surface area contributed by atoms with Crippen LogP contribution in [0.25, 0.3) is 10.2 Å². The monoisotopic (exact) mass is 401 g/mol. The van der Waals surface area contributed by atoms with Crippen LogP contribution in [0.5, 0.6) is 5.75 Å². The zero-order valence-electron chi connectivity index (χ0n) is 15.0. The Hall–Kier alpha value is -2.45.